The number of hydrogen-bond acceptors (Lipinski definition) is 5. The van der Waals surface area contributed by atoms with Crippen molar-refractivity contribution in [2.24, 2.45) is 5.84 Å². The van der Waals surface area contributed by atoms with E-state index in [1.165, 1.54) is 0 Å². The van der Waals surface area contributed by atoms with Crippen LogP contribution in [0.15, 0.2) is 12.1 Å². The van der Waals surface area contributed by atoms with E-state index in [1.54, 1.807) is 31.0 Å². The monoisotopic (exact) mass is 294 g/mol. The molecule has 118 valence electrons. The standard InChI is InChI=1S/C15H26N4O2/c1-10(20)6-7-19(5)14(21)11-8-12(15(2,3)4)17-13(9-11)18-16/h8-10,20H,6-7,16H2,1-5H3,(H,17,18). The van der Waals surface area contributed by atoms with E-state index < -0.39 is 6.10 Å². The van der Waals surface area contributed by atoms with E-state index in [0.29, 0.717) is 24.3 Å². The highest BCUT2D eigenvalue weighted by molar-refractivity contribution is 5.94. The Bertz CT molecular complexity index is 495. The van der Waals surface area contributed by atoms with Crippen molar-refractivity contribution in [1.82, 2.24) is 9.88 Å². The highest BCUT2D eigenvalue weighted by Gasteiger charge is 2.20. The molecule has 0 aromatic carbocycles. The number of nitrogens with two attached hydrogens (primary N) is 1. The molecule has 6 heteroatoms. The van der Waals surface area contributed by atoms with Crippen LogP contribution in [0.4, 0.5) is 5.82 Å². The van der Waals surface area contributed by atoms with Gasteiger partial charge in [-0.25, -0.2) is 10.8 Å². The number of hydrogen-bond donors (Lipinski definition) is 3. The van der Waals surface area contributed by atoms with E-state index in [2.05, 4.69) is 10.4 Å². The van der Waals surface area contributed by atoms with Crippen LogP contribution in [0.3, 0.4) is 0 Å². The molecule has 0 radical (unpaired) electrons. The highest BCUT2D eigenvalue weighted by atomic mass is 16.3. The molecule has 4 N–H and O–H groups in total. The summed E-state index contributed by atoms with van der Waals surface area (Å²) in [4.78, 5) is 18.4. The van der Waals surface area contributed by atoms with Gasteiger partial charge in [0.25, 0.3) is 5.91 Å². The topological polar surface area (TPSA) is 91.5 Å². The van der Waals surface area contributed by atoms with E-state index in [4.69, 9.17) is 5.84 Å². The second-order valence-electron chi connectivity index (χ2n) is 6.39. The van der Waals surface area contributed by atoms with E-state index in [1.807, 2.05) is 20.8 Å². The van der Waals surface area contributed by atoms with E-state index in [9.17, 15) is 9.90 Å². The van der Waals surface area contributed by atoms with E-state index in [0.717, 1.165) is 5.69 Å². The number of nitrogen functional groups attached to an aromatic ring is 1. The molecule has 0 fully saturated rings. The van der Waals surface area contributed by atoms with Crippen molar-refractivity contribution in [3.63, 3.8) is 0 Å². The summed E-state index contributed by atoms with van der Waals surface area (Å²) in [5, 5.41) is 9.31. The van der Waals surface area contributed by atoms with Gasteiger partial charge in [0, 0.05) is 30.3 Å². The molecule has 1 amide bonds. The Morgan fingerprint density at radius 2 is 2.10 bits per heavy atom. The number of nitrogens with one attached hydrogen (secondary N) is 1. The van der Waals surface area contributed by atoms with Crippen LogP contribution in [0, 0.1) is 0 Å². The third-order valence-electron chi connectivity index (χ3n) is 3.22. The van der Waals surface area contributed by atoms with E-state index >= 15 is 0 Å². The normalized spacial score (nSPS) is 12.9. The number of carbonyl (C=O) groups is 1. The zero-order valence-corrected chi connectivity index (χ0v) is 13.5. The first-order valence-electron chi connectivity index (χ1n) is 7.08. The molecule has 1 unspecified atom stereocenters. The zero-order valence-electron chi connectivity index (χ0n) is 13.5. The Balaban J connectivity index is 3.03. The van der Waals surface area contributed by atoms with Gasteiger partial charge in [-0.1, -0.05) is 20.8 Å². The molecule has 0 aliphatic rings. The number of aliphatic hydroxyl groups is 1. The van der Waals surface area contributed by atoms with Crippen molar-refractivity contribution in [2.75, 3.05) is 19.0 Å². The van der Waals surface area contributed by atoms with Gasteiger partial charge in [-0.15, -0.1) is 0 Å². The molecule has 21 heavy (non-hydrogen) atoms. The Kier molecular flexibility index (Phi) is 5.69. The van der Waals surface area contributed by atoms with Gasteiger partial charge in [0.15, 0.2) is 0 Å². The summed E-state index contributed by atoms with van der Waals surface area (Å²) in [6, 6.07) is 3.43. The number of carbonyl (C=O) groups excluding carboxylic acids is 1. The molecule has 0 aliphatic heterocycles. The molecule has 0 bridgehead atoms. The molecule has 6 nitrogen and oxygen atoms in total. The van der Waals surface area contributed by atoms with Crippen LogP contribution in [0.1, 0.15) is 50.2 Å². The Labute approximate surface area is 126 Å². The quantitative estimate of drug-likeness (QED) is 0.565. The molecule has 0 spiro atoms. The lowest BCUT2D eigenvalue weighted by molar-refractivity contribution is 0.0768. The summed E-state index contributed by atoms with van der Waals surface area (Å²) < 4.78 is 0. The molecular weight excluding hydrogens is 268 g/mol. The fourth-order valence-corrected chi connectivity index (χ4v) is 1.81. The molecule has 0 saturated heterocycles. The SMILES string of the molecule is CC(O)CCN(C)C(=O)c1cc(NN)nc(C(C)(C)C)c1. The van der Waals surface area contributed by atoms with Crippen molar-refractivity contribution in [3.8, 4) is 0 Å². The van der Waals surface area contributed by atoms with Gasteiger partial charge in [-0.2, -0.15) is 0 Å². The first-order chi connectivity index (χ1) is 9.65. The fraction of sp³-hybridized carbons (Fsp3) is 0.600. The number of nitrogens with zero attached hydrogens (tertiary/aromatic N) is 2. The van der Waals surface area contributed by atoms with Gasteiger partial charge in [-0.3, -0.25) is 4.79 Å². The van der Waals surface area contributed by atoms with Crippen LogP contribution in [0.2, 0.25) is 0 Å². The van der Waals surface area contributed by atoms with Crippen LogP contribution < -0.4 is 11.3 Å². The molecule has 1 rings (SSSR count). The lowest BCUT2D eigenvalue weighted by Crippen LogP contribution is -2.30. The van der Waals surface area contributed by atoms with Crippen molar-refractivity contribution in [3.05, 3.63) is 23.4 Å². The third kappa shape index (κ3) is 4.99. The predicted octanol–water partition coefficient (Wildman–Crippen LogP) is 1.51. The number of aliphatic hydroxyl groups excluding tert-OH is 1. The predicted molar refractivity (Wildman–Crippen MR) is 84.0 cm³/mol. The minimum atomic E-state index is -0.427. The van der Waals surface area contributed by atoms with Gasteiger partial charge in [0.05, 0.1) is 6.10 Å². The van der Waals surface area contributed by atoms with Crippen LogP contribution in [-0.4, -0.2) is 40.6 Å². The second kappa shape index (κ2) is 6.87. The number of anilines is 1. The molecule has 1 atom stereocenters. The number of rotatable bonds is 5. The van der Waals surface area contributed by atoms with Gasteiger partial charge in [0.1, 0.15) is 5.82 Å². The van der Waals surface area contributed by atoms with Crippen molar-refractivity contribution in [2.45, 2.75) is 45.6 Å². The van der Waals surface area contributed by atoms with Crippen molar-refractivity contribution in [1.29, 1.82) is 0 Å². The molecule has 0 saturated carbocycles. The van der Waals surface area contributed by atoms with Gasteiger partial charge in [-0.05, 0) is 25.5 Å². The molecule has 1 aromatic rings. The second-order valence-corrected chi connectivity index (χ2v) is 6.39. The summed E-state index contributed by atoms with van der Waals surface area (Å²) in [5.74, 6) is 5.79. The Morgan fingerprint density at radius 3 is 2.57 bits per heavy atom. The first kappa shape index (κ1) is 17.4. The molecule has 1 heterocycles. The summed E-state index contributed by atoms with van der Waals surface area (Å²) >= 11 is 0. The molecule has 0 aliphatic carbocycles. The molecule has 1 aromatic heterocycles. The Morgan fingerprint density at radius 1 is 1.48 bits per heavy atom. The summed E-state index contributed by atoms with van der Waals surface area (Å²) in [5.41, 5.74) is 3.66. The van der Waals surface area contributed by atoms with Crippen molar-refractivity contribution >= 4 is 11.7 Å². The third-order valence-corrected chi connectivity index (χ3v) is 3.22. The number of pyridine rings is 1. The van der Waals surface area contributed by atoms with Gasteiger partial charge >= 0.3 is 0 Å². The summed E-state index contributed by atoms with van der Waals surface area (Å²) in [6.07, 6.45) is 0.116. The minimum absolute atomic E-state index is 0.111. The number of aromatic nitrogens is 1. The maximum absolute atomic E-state index is 12.5. The minimum Gasteiger partial charge on any atom is -0.393 e. The molecular formula is C15H26N4O2. The van der Waals surface area contributed by atoms with Crippen LogP contribution in [0.25, 0.3) is 0 Å². The summed E-state index contributed by atoms with van der Waals surface area (Å²) in [6.45, 7) is 8.29. The average molecular weight is 294 g/mol. The van der Waals surface area contributed by atoms with Crippen LogP contribution in [0.5, 0.6) is 0 Å². The van der Waals surface area contributed by atoms with Crippen molar-refractivity contribution < 1.29 is 9.90 Å². The van der Waals surface area contributed by atoms with Gasteiger partial charge < -0.3 is 15.4 Å². The van der Waals surface area contributed by atoms with Crippen LogP contribution in [-0.2, 0) is 5.41 Å². The zero-order chi connectivity index (χ0) is 16.2. The average Bonchev–Trinajstić information content (AvgIpc) is 2.42. The summed E-state index contributed by atoms with van der Waals surface area (Å²) in [7, 11) is 1.72. The lowest BCUT2D eigenvalue weighted by Gasteiger charge is -2.22. The van der Waals surface area contributed by atoms with Gasteiger partial charge in [0.2, 0.25) is 0 Å². The largest absolute Gasteiger partial charge is 0.393 e. The first-order valence-corrected chi connectivity index (χ1v) is 7.08. The fourth-order valence-electron chi connectivity index (χ4n) is 1.81. The highest BCUT2D eigenvalue weighted by Crippen LogP contribution is 2.23. The number of hydrazine groups is 1. The lowest BCUT2D eigenvalue weighted by atomic mass is 9.90. The maximum atomic E-state index is 12.5. The number of amides is 1. The van der Waals surface area contributed by atoms with Crippen LogP contribution >= 0.6 is 0 Å². The smallest absolute Gasteiger partial charge is 0.253 e. The Hall–Kier alpha value is -1.66. The maximum Gasteiger partial charge on any atom is 0.253 e. The van der Waals surface area contributed by atoms with E-state index in [-0.39, 0.29) is 11.3 Å².